The molecule has 3 nitrogen and oxygen atoms in total. The molecule has 76 valence electrons. The van der Waals surface area contributed by atoms with Crippen LogP contribution in [0.5, 0.6) is 0 Å². The summed E-state index contributed by atoms with van der Waals surface area (Å²) in [5, 5.41) is 4.25. The van der Waals surface area contributed by atoms with Gasteiger partial charge in [0.15, 0.2) is 0 Å². The minimum Gasteiger partial charge on any atom is -0.376 e. The van der Waals surface area contributed by atoms with Crippen molar-refractivity contribution in [1.82, 2.24) is 9.78 Å². The Labute approximate surface area is 84.4 Å². The molecule has 1 aromatic rings. The number of hydrogen-bond acceptors (Lipinski definition) is 2. The minimum atomic E-state index is 0.348. The zero-order valence-electron chi connectivity index (χ0n) is 8.35. The van der Waals surface area contributed by atoms with Crippen molar-refractivity contribution in [2.75, 3.05) is 6.61 Å². The zero-order chi connectivity index (χ0) is 9.80. The lowest BCUT2D eigenvalue weighted by molar-refractivity contribution is 0.00399. The highest BCUT2D eigenvalue weighted by atomic mass is 16.5. The molecule has 1 atom stereocenters. The molecule has 2 heterocycles. The maximum absolute atomic E-state index is 5.64. The van der Waals surface area contributed by atoms with Gasteiger partial charge in [-0.3, -0.25) is 4.68 Å². The lowest BCUT2D eigenvalue weighted by Gasteiger charge is -2.22. The van der Waals surface area contributed by atoms with Crippen LogP contribution in [0.4, 0.5) is 0 Å². The Morgan fingerprint density at radius 2 is 2.57 bits per heavy atom. The van der Waals surface area contributed by atoms with Crippen LogP contribution in [0.1, 0.15) is 24.8 Å². The Bertz CT molecular complexity index is 300. The number of ether oxygens (including phenoxy) is 1. The first-order valence-corrected chi connectivity index (χ1v) is 5.15. The van der Waals surface area contributed by atoms with E-state index in [0.717, 1.165) is 25.1 Å². The molecular weight excluding hydrogens is 176 g/mol. The van der Waals surface area contributed by atoms with Crippen LogP contribution < -0.4 is 0 Å². The number of aromatic nitrogens is 2. The highest BCUT2D eigenvalue weighted by Crippen LogP contribution is 2.14. The van der Waals surface area contributed by atoms with Crippen LogP contribution in [0.25, 0.3) is 6.08 Å². The Kier molecular flexibility index (Phi) is 2.99. The zero-order valence-corrected chi connectivity index (χ0v) is 8.35. The summed E-state index contributed by atoms with van der Waals surface area (Å²) in [4.78, 5) is 0. The van der Waals surface area contributed by atoms with Gasteiger partial charge in [-0.1, -0.05) is 12.7 Å². The van der Waals surface area contributed by atoms with Crippen LogP contribution in [0.15, 0.2) is 19.0 Å². The van der Waals surface area contributed by atoms with Crippen molar-refractivity contribution in [3.05, 3.63) is 24.5 Å². The first-order chi connectivity index (χ1) is 6.88. The lowest BCUT2D eigenvalue weighted by atomic mass is 10.1. The molecular formula is C11H16N2O. The summed E-state index contributed by atoms with van der Waals surface area (Å²) in [7, 11) is 0. The first-order valence-electron chi connectivity index (χ1n) is 5.15. The van der Waals surface area contributed by atoms with E-state index in [0.29, 0.717) is 6.10 Å². The van der Waals surface area contributed by atoms with Gasteiger partial charge in [-0.25, -0.2) is 0 Å². The third kappa shape index (κ3) is 2.23. The van der Waals surface area contributed by atoms with Crippen molar-refractivity contribution >= 4 is 6.08 Å². The van der Waals surface area contributed by atoms with E-state index in [1.807, 2.05) is 23.2 Å². The van der Waals surface area contributed by atoms with Crippen molar-refractivity contribution in [2.45, 2.75) is 31.9 Å². The normalized spacial score (nSPS) is 22.1. The topological polar surface area (TPSA) is 27.1 Å². The third-order valence-corrected chi connectivity index (χ3v) is 2.55. The lowest BCUT2D eigenvalue weighted by Crippen LogP contribution is -2.24. The van der Waals surface area contributed by atoms with Gasteiger partial charge in [-0.15, -0.1) is 0 Å². The van der Waals surface area contributed by atoms with Crippen LogP contribution in [0.3, 0.4) is 0 Å². The number of nitrogens with zero attached hydrogens (tertiary/aromatic N) is 2. The fourth-order valence-corrected chi connectivity index (χ4v) is 1.74. The molecule has 0 amide bonds. The molecule has 1 saturated heterocycles. The van der Waals surface area contributed by atoms with Gasteiger partial charge < -0.3 is 4.74 Å². The first kappa shape index (κ1) is 9.46. The van der Waals surface area contributed by atoms with E-state index < -0.39 is 0 Å². The SMILES string of the molecule is C=Cc1cnn(CC2CCCCO2)c1. The smallest absolute Gasteiger partial charge is 0.0770 e. The summed E-state index contributed by atoms with van der Waals surface area (Å²) in [6.07, 6.45) is 9.63. The number of hydrogen-bond donors (Lipinski definition) is 0. The predicted octanol–water partition coefficient (Wildman–Crippen LogP) is 2.10. The molecule has 2 rings (SSSR count). The van der Waals surface area contributed by atoms with Gasteiger partial charge >= 0.3 is 0 Å². The summed E-state index contributed by atoms with van der Waals surface area (Å²) < 4.78 is 7.58. The van der Waals surface area contributed by atoms with Gasteiger partial charge in [-0.05, 0) is 19.3 Å². The summed E-state index contributed by atoms with van der Waals surface area (Å²) in [6.45, 7) is 5.48. The summed E-state index contributed by atoms with van der Waals surface area (Å²) in [5.41, 5.74) is 1.07. The van der Waals surface area contributed by atoms with Crippen molar-refractivity contribution < 1.29 is 4.74 Å². The standard InChI is InChI=1S/C11H16N2O/c1-2-10-7-12-13(8-10)9-11-5-3-4-6-14-11/h2,7-8,11H,1,3-6,9H2. The third-order valence-electron chi connectivity index (χ3n) is 2.55. The summed E-state index contributed by atoms with van der Waals surface area (Å²) in [6, 6.07) is 0. The molecule has 0 spiro atoms. The molecule has 1 unspecified atom stereocenters. The maximum atomic E-state index is 5.64. The van der Waals surface area contributed by atoms with Crippen molar-refractivity contribution in [2.24, 2.45) is 0 Å². The van der Waals surface area contributed by atoms with E-state index in [4.69, 9.17) is 4.74 Å². The Hall–Kier alpha value is -1.09. The second-order valence-electron chi connectivity index (χ2n) is 3.69. The van der Waals surface area contributed by atoms with Gasteiger partial charge in [0.25, 0.3) is 0 Å². The van der Waals surface area contributed by atoms with Crippen molar-refractivity contribution in [3.63, 3.8) is 0 Å². The van der Waals surface area contributed by atoms with Gasteiger partial charge in [0.1, 0.15) is 0 Å². The van der Waals surface area contributed by atoms with E-state index in [-0.39, 0.29) is 0 Å². The van der Waals surface area contributed by atoms with Crippen molar-refractivity contribution in [1.29, 1.82) is 0 Å². The van der Waals surface area contributed by atoms with Crippen LogP contribution in [0, 0.1) is 0 Å². The molecule has 3 heteroatoms. The van der Waals surface area contributed by atoms with Gasteiger partial charge in [0.05, 0.1) is 18.8 Å². The van der Waals surface area contributed by atoms with E-state index in [1.165, 1.54) is 12.8 Å². The number of rotatable bonds is 3. The molecule has 0 saturated carbocycles. The fraction of sp³-hybridized carbons (Fsp3) is 0.545. The Morgan fingerprint density at radius 3 is 3.21 bits per heavy atom. The maximum Gasteiger partial charge on any atom is 0.0770 e. The van der Waals surface area contributed by atoms with E-state index in [2.05, 4.69) is 11.7 Å². The van der Waals surface area contributed by atoms with Crippen LogP contribution in [-0.2, 0) is 11.3 Å². The van der Waals surface area contributed by atoms with Crippen molar-refractivity contribution in [3.8, 4) is 0 Å². The quantitative estimate of drug-likeness (QED) is 0.733. The van der Waals surface area contributed by atoms with E-state index >= 15 is 0 Å². The van der Waals surface area contributed by atoms with E-state index in [1.54, 1.807) is 0 Å². The minimum absolute atomic E-state index is 0.348. The van der Waals surface area contributed by atoms with Crippen LogP contribution >= 0.6 is 0 Å². The largest absolute Gasteiger partial charge is 0.376 e. The monoisotopic (exact) mass is 192 g/mol. The molecule has 0 radical (unpaired) electrons. The molecule has 1 aliphatic rings. The molecule has 0 bridgehead atoms. The van der Waals surface area contributed by atoms with Gasteiger partial charge in [-0.2, -0.15) is 5.10 Å². The average molecular weight is 192 g/mol. The fourth-order valence-electron chi connectivity index (χ4n) is 1.74. The van der Waals surface area contributed by atoms with Gasteiger partial charge in [0.2, 0.25) is 0 Å². The average Bonchev–Trinajstić information content (AvgIpc) is 2.67. The molecule has 0 aliphatic carbocycles. The highest BCUT2D eigenvalue weighted by Gasteiger charge is 2.14. The second-order valence-corrected chi connectivity index (χ2v) is 3.69. The molecule has 14 heavy (non-hydrogen) atoms. The van der Waals surface area contributed by atoms with Crippen LogP contribution in [-0.4, -0.2) is 22.5 Å². The summed E-state index contributed by atoms with van der Waals surface area (Å²) in [5.74, 6) is 0. The molecule has 1 aromatic heterocycles. The van der Waals surface area contributed by atoms with Gasteiger partial charge in [0, 0.05) is 18.4 Å². The Balaban J connectivity index is 1.92. The summed E-state index contributed by atoms with van der Waals surface area (Å²) >= 11 is 0. The molecule has 0 N–H and O–H groups in total. The highest BCUT2D eigenvalue weighted by molar-refractivity contribution is 5.43. The molecule has 1 aliphatic heterocycles. The Morgan fingerprint density at radius 1 is 1.64 bits per heavy atom. The van der Waals surface area contributed by atoms with E-state index in [9.17, 15) is 0 Å². The van der Waals surface area contributed by atoms with Crippen LogP contribution in [0.2, 0.25) is 0 Å². The molecule has 1 fully saturated rings. The molecule has 0 aromatic carbocycles. The predicted molar refractivity (Wildman–Crippen MR) is 55.9 cm³/mol. The second kappa shape index (κ2) is 4.42.